The largest absolute Gasteiger partial charge is 0.380 e. The van der Waals surface area contributed by atoms with Crippen LogP contribution < -0.4 is 5.32 Å². The first kappa shape index (κ1) is 26.1. The van der Waals surface area contributed by atoms with E-state index >= 15 is 4.39 Å². The summed E-state index contributed by atoms with van der Waals surface area (Å²) in [4.78, 5) is 3.61. The molecule has 1 aliphatic rings. The molecular formula is C30H40F2N2S. The topological polar surface area (TPSA) is 15.3 Å². The Kier molecular flexibility index (Phi) is 9.18. The Balaban J connectivity index is 1.66. The van der Waals surface area contributed by atoms with Gasteiger partial charge in [-0.1, -0.05) is 58.2 Å². The third-order valence-corrected chi connectivity index (χ3v) is 8.60. The monoisotopic (exact) mass is 498 g/mol. The second-order valence-corrected chi connectivity index (χ2v) is 11.0. The average Bonchev–Trinajstić information content (AvgIpc) is 3.20. The first-order chi connectivity index (χ1) is 17.1. The normalized spacial score (nSPS) is 15.5. The van der Waals surface area contributed by atoms with Crippen molar-refractivity contribution in [2.45, 2.75) is 77.7 Å². The standard InChI is InChI=1S/C30H40F2N2S/c1-4-7-12-26(30-25(11-5-2)24-13-8-9-14-28(24)35-30)29-21(6-3)17-22(18-27(29)32)33-23-19-34(20-23)16-10-15-31/h8-9,13-14,17-18,23,26,33H,4-7,10-12,15-16,19-20H2,1-3H3. The van der Waals surface area contributed by atoms with Crippen LogP contribution >= 0.6 is 11.3 Å². The molecule has 2 aromatic carbocycles. The van der Waals surface area contributed by atoms with Gasteiger partial charge in [-0.05, 0) is 66.0 Å². The number of hydrogen-bond acceptors (Lipinski definition) is 3. The van der Waals surface area contributed by atoms with E-state index in [9.17, 15) is 4.39 Å². The molecule has 190 valence electrons. The minimum Gasteiger partial charge on any atom is -0.380 e. The number of alkyl halides is 1. The maximum absolute atomic E-state index is 16.0. The number of anilines is 1. The zero-order valence-corrected chi connectivity index (χ0v) is 22.3. The minimum absolute atomic E-state index is 0.0820. The number of nitrogens with one attached hydrogen (secondary N) is 1. The summed E-state index contributed by atoms with van der Waals surface area (Å²) in [6, 6.07) is 12.9. The molecule has 35 heavy (non-hydrogen) atoms. The molecule has 1 unspecified atom stereocenters. The van der Waals surface area contributed by atoms with Crippen LogP contribution in [0.1, 0.15) is 80.4 Å². The van der Waals surface area contributed by atoms with Gasteiger partial charge in [0.2, 0.25) is 0 Å². The number of halogens is 2. The molecular weight excluding hydrogens is 458 g/mol. The Hall–Kier alpha value is -1.98. The second kappa shape index (κ2) is 12.3. The molecule has 5 heteroatoms. The van der Waals surface area contributed by atoms with Crippen LogP contribution in [0.2, 0.25) is 0 Å². The minimum atomic E-state index is -0.264. The van der Waals surface area contributed by atoms with Crippen LogP contribution in [-0.4, -0.2) is 37.3 Å². The van der Waals surface area contributed by atoms with Crippen molar-refractivity contribution in [3.63, 3.8) is 0 Å². The third kappa shape index (κ3) is 5.89. The van der Waals surface area contributed by atoms with E-state index in [0.29, 0.717) is 12.5 Å². The van der Waals surface area contributed by atoms with Gasteiger partial charge in [0.05, 0.1) is 12.7 Å². The SMILES string of the molecule is CCCCC(c1sc2ccccc2c1CCC)c1c(F)cc(NC2CN(CCCF)C2)cc1CC. The van der Waals surface area contributed by atoms with E-state index in [-0.39, 0.29) is 18.4 Å². The van der Waals surface area contributed by atoms with Crippen molar-refractivity contribution in [3.8, 4) is 0 Å². The van der Waals surface area contributed by atoms with Crippen LogP contribution in [0.15, 0.2) is 36.4 Å². The predicted octanol–water partition coefficient (Wildman–Crippen LogP) is 8.33. The zero-order chi connectivity index (χ0) is 24.8. The summed E-state index contributed by atoms with van der Waals surface area (Å²) in [7, 11) is 0. The Morgan fingerprint density at radius 2 is 1.89 bits per heavy atom. The zero-order valence-electron chi connectivity index (χ0n) is 21.5. The summed E-state index contributed by atoms with van der Waals surface area (Å²) in [5.74, 6) is 0.0132. The molecule has 2 nitrogen and oxygen atoms in total. The van der Waals surface area contributed by atoms with Crippen LogP contribution in [0.4, 0.5) is 14.5 Å². The van der Waals surface area contributed by atoms with Crippen molar-refractivity contribution in [2.75, 3.05) is 31.6 Å². The third-order valence-electron chi connectivity index (χ3n) is 7.27. The Morgan fingerprint density at radius 1 is 1.09 bits per heavy atom. The summed E-state index contributed by atoms with van der Waals surface area (Å²) < 4.78 is 29.7. The van der Waals surface area contributed by atoms with E-state index in [0.717, 1.165) is 75.0 Å². The number of fused-ring (bicyclic) bond motifs is 1. The average molecular weight is 499 g/mol. The molecule has 1 aliphatic heterocycles. The fraction of sp³-hybridized carbons (Fsp3) is 0.533. The number of aryl methyl sites for hydroxylation is 2. The van der Waals surface area contributed by atoms with E-state index in [1.165, 1.54) is 20.5 Å². The summed E-state index contributed by atoms with van der Waals surface area (Å²) >= 11 is 1.86. The molecule has 1 atom stereocenters. The molecule has 0 aliphatic carbocycles. The number of rotatable bonds is 13. The highest BCUT2D eigenvalue weighted by atomic mass is 32.1. The Bertz CT molecular complexity index is 1100. The van der Waals surface area contributed by atoms with Crippen molar-refractivity contribution in [1.29, 1.82) is 0 Å². The van der Waals surface area contributed by atoms with Gasteiger partial charge in [-0.3, -0.25) is 9.29 Å². The van der Waals surface area contributed by atoms with E-state index in [4.69, 9.17) is 0 Å². The van der Waals surface area contributed by atoms with Crippen LogP contribution in [0.25, 0.3) is 10.1 Å². The molecule has 1 fully saturated rings. The smallest absolute Gasteiger partial charge is 0.129 e. The lowest BCUT2D eigenvalue weighted by Crippen LogP contribution is -2.54. The molecule has 0 radical (unpaired) electrons. The first-order valence-electron chi connectivity index (χ1n) is 13.5. The van der Waals surface area contributed by atoms with Crippen LogP contribution in [0.3, 0.4) is 0 Å². The molecule has 0 spiro atoms. The Labute approximate surface area is 213 Å². The number of benzene rings is 2. The molecule has 1 N–H and O–H groups in total. The fourth-order valence-corrected chi connectivity index (χ4v) is 6.92. The van der Waals surface area contributed by atoms with E-state index < -0.39 is 0 Å². The van der Waals surface area contributed by atoms with Gasteiger partial charge in [-0.15, -0.1) is 11.3 Å². The maximum Gasteiger partial charge on any atom is 0.129 e. The van der Waals surface area contributed by atoms with E-state index in [1.54, 1.807) is 6.07 Å². The maximum atomic E-state index is 16.0. The number of hydrogen-bond donors (Lipinski definition) is 1. The highest BCUT2D eigenvalue weighted by Gasteiger charge is 2.29. The van der Waals surface area contributed by atoms with Crippen LogP contribution in [0, 0.1) is 5.82 Å². The highest BCUT2D eigenvalue weighted by Crippen LogP contribution is 2.44. The van der Waals surface area contributed by atoms with Crippen molar-refractivity contribution in [1.82, 2.24) is 4.90 Å². The van der Waals surface area contributed by atoms with E-state index in [1.807, 2.05) is 11.3 Å². The van der Waals surface area contributed by atoms with Crippen molar-refractivity contribution >= 4 is 27.1 Å². The number of unbranched alkanes of at least 4 members (excludes halogenated alkanes) is 1. The molecule has 0 bridgehead atoms. The highest BCUT2D eigenvalue weighted by molar-refractivity contribution is 7.19. The number of thiophene rings is 1. The lowest BCUT2D eigenvalue weighted by Gasteiger charge is -2.40. The van der Waals surface area contributed by atoms with Gasteiger partial charge in [0, 0.05) is 40.8 Å². The van der Waals surface area contributed by atoms with Gasteiger partial charge in [0.15, 0.2) is 0 Å². The number of likely N-dealkylation sites (tertiary alicyclic amines) is 1. The van der Waals surface area contributed by atoms with Gasteiger partial charge in [-0.25, -0.2) is 4.39 Å². The summed E-state index contributed by atoms with van der Waals surface area (Å²) in [5, 5.41) is 4.87. The van der Waals surface area contributed by atoms with Gasteiger partial charge in [-0.2, -0.15) is 0 Å². The van der Waals surface area contributed by atoms with Crippen molar-refractivity contribution < 1.29 is 8.78 Å². The summed E-state index contributed by atoms with van der Waals surface area (Å²) in [5.41, 5.74) is 4.30. The van der Waals surface area contributed by atoms with Gasteiger partial charge in [0.1, 0.15) is 5.82 Å². The van der Waals surface area contributed by atoms with Crippen molar-refractivity contribution in [3.05, 3.63) is 63.8 Å². The molecule has 0 amide bonds. The fourth-order valence-electron chi connectivity index (χ4n) is 5.53. The first-order valence-corrected chi connectivity index (χ1v) is 14.3. The predicted molar refractivity (Wildman–Crippen MR) is 147 cm³/mol. The number of nitrogens with zero attached hydrogens (tertiary/aromatic N) is 1. The lowest BCUT2D eigenvalue weighted by molar-refractivity contribution is 0.155. The Morgan fingerprint density at radius 3 is 2.60 bits per heavy atom. The molecule has 4 rings (SSSR count). The quantitative estimate of drug-likeness (QED) is 0.255. The molecule has 1 aromatic heterocycles. The van der Waals surface area contributed by atoms with E-state index in [2.05, 4.69) is 61.3 Å². The molecule has 0 saturated carbocycles. The summed E-state index contributed by atoms with van der Waals surface area (Å²) in [6.45, 7) is 8.91. The molecule has 3 aromatic rings. The summed E-state index contributed by atoms with van der Waals surface area (Å²) in [6.07, 6.45) is 6.69. The van der Waals surface area contributed by atoms with Gasteiger partial charge in [0.25, 0.3) is 0 Å². The van der Waals surface area contributed by atoms with Crippen LogP contribution in [-0.2, 0) is 12.8 Å². The van der Waals surface area contributed by atoms with Gasteiger partial charge < -0.3 is 5.32 Å². The molecule has 2 heterocycles. The van der Waals surface area contributed by atoms with Crippen molar-refractivity contribution in [2.24, 2.45) is 0 Å². The van der Waals surface area contributed by atoms with Gasteiger partial charge >= 0.3 is 0 Å². The second-order valence-electron chi connectivity index (χ2n) is 9.91. The lowest BCUT2D eigenvalue weighted by atomic mass is 9.84. The molecule has 1 saturated heterocycles. The van der Waals surface area contributed by atoms with Crippen LogP contribution in [0.5, 0.6) is 0 Å².